The van der Waals surface area contributed by atoms with E-state index < -0.39 is 5.91 Å². The Morgan fingerprint density at radius 2 is 1.30 bits per heavy atom. The van der Waals surface area contributed by atoms with Gasteiger partial charge in [0, 0.05) is 5.56 Å². The van der Waals surface area contributed by atoms with Gasteiger partial charge in [0.25, 0.3) is 11.8 Å². The van der Waals surface area contributed by atoms with Crippen molar-refractivity contribution in [3.05, 3.63) is 126 Å². The van der Waals surface area contributed by atoms with Crippen molar-refractivity contribution < 1.29 is 9.59 Å². The van der Waals surface area contributed by atoms with Gasteiger partial charge in [0.2, 0.25) is 0 Å². The lowest BCUT2D eigenvalue weighted by Crippen LogP contribution is -2.32. The third kappa shape index (κ3) is 6.42. The molecule has 0 spiro atoms. The van der Waals surface area contributed by atoms with Gasteiger partial charge in [0.05, 0.1) is 6.21 Å². The van der Waals surface area contributed by atoms with Crippen molar-refractivity contribution in [1.29, 1.82) is 0 Å². The minimum Gasteiger partial charge on any atom is -0.317 e. The number of carbonyl (C=O) groups excluding carboxylic acids is 2. The van der Waals surface area contributed by atoms with Gasteiger partial charge < -0.3 is 5.32 Å². The second-order valence-corrected chi connectivity index (χ2v) is 6.28. The van der Waals surface area contributed by atoms with E-state index in [-0.39, 0.29) is 11.6 Å². The van der Waals surface area contributed by atoms with Gasteiger partial charge in [-0.05, 0) is 29.3 Å². The van der Waals surface area contributed by atoms with Gasteiger partial charge in [0.1, 0.15) is 5.70 Å². The van der Waals surface area contributed by atoms with Crippen LogP contribution >= 0.6 is 0 Å². The molecule has 0 saturated heterocycles. The Balaban J connectivity index is 1.74. The van der Waals surface area contributed by atoms with E-state index in [1.165, 1.54) is 6.21 Å². The molecule has 0 aliphatic carbocycles. The number of carbonyl (C=O) groups is 2. The predicted molar refractivity (Wildman–Crippen MR) is 120 cm³/mol. The summed E-state index contributed by atoms with van der Waals surface area (Å²) >= 11 is 0. The van der Waals surface area contributed by atoms with Crippen LogP contribution in [0.5, 0.6) is 0 Å². The molecule has 3 aromatic rings. The first kappa shape index (κ1) is 20.5. The van der Waals surface area contributed by atoms with E-state index in [1.54, 1.807) is 36.4 Å². The normalized spacial score (nSPS) is 11.5. The quantitative estimate of drug-likeness (QED) is 0.273. The van der Waals surface area contributed by atoms with Crippen molar-refractivity contribution >= 4 is 24.1 Å². The van der Waals surface area contributed by atoms with E-state index in [0.717, 1.165) is 11.1 Å². The van der Waals surface area contributed by atoms with Gasteiger partial charge in [-0.15, -0.1) is 0 Å². The molecule has 0 saturated carbocycles. The molecule has 148 valence electrons. The molecule has 30 heavy (non-hydrogen) atoms. The monoisotopic (exact) mass is 395 g/mol. The maximum absolute atomic E-state index is 12.6. The van der Waals surface area contributed by atoms with Crippen LogP contribution in [0.25, 0.3) is 6.08 Å². The molecule has 3 aromatic carbocycles. The molecule has 2 N–H and O–H groups in total. The zero-order chi connectivity index (χ0) is 21.0. The number of benzene rings is 3. The van der Waals surface area contributed by atoms with E-state index in [2.05, 4.69) is 15.8 Å². The fraction of sp³-hybridized carbons (Fsp3) is 0. The van der Waals surface area contributed by atoms with Gasteiger partial charge in [-0.1, -0.05) is 91.0 Å². The molecule has 0 heterocycles. The van der Waals surface area contributed by atoms with Crippen LogP contribution < -0.4 is 10.7 Å². The van der Waals surface area contributed by atoms with E-state index in [1.807, 2.05) is 72.8 Å². The van der Waals surface area contributed by atoms with Gasteiger partial charge in [-0.3, -0.25) is 9.59 Å². The summed E-state index contributed by atoms with van der Waals surface area (Å²) in [5, 5.41) is 6.62. The standard InChI is InChI=1S/C25H21N3O2/c29-24(22-16-8-3-9-17-22)27-23(18-10-15-20-11-4-1-5-12-20)25(30)28-26-19-21-13-6-2-7-14-21/h1-19H,(H,27,29)(H,28,30). The third-order valence-electron chi connectivity index (χ3n) is 4.06. The average Bonchev–Trinajstić information content (AvgIpc) is 2.80. The molecular formula is C25H21N3O2. The maximum Gasteiger partial charge on any atom is 0.287 e. The van der Waals surface area contributed by atoms with Crippen LogP contribution in [0.4, 0.5) is 0 Å². The van der Waals surface area contributed by atoms with Gasteiger partial charge in [0.15, 0.2) is 0 Å². The van der Waals surface area contributed by atoms with E-state index in [9.17, 15) is 9.59 Å². The maximum atomic E-state index is 12.6. The Morgan fingerprint density at radius 1 is 0.733 bits per heavy atom. The van der Waals surface area contributed by atoms with Crippen LogP contribution in [0.15, 0.2) is 114 Å². The van der Waals surface area contributed by atoms with E-state index >= 15 is 0 Å². The van der Waals surface area contributed by atoms with Crippen LogP contribution in [-0.4, -0.2) is 18.0 Å². The summed E-state index contributed by atoms with van der Waals surface area (Å²) in [7, 11) is 0. The van der Waals surface area contributed by atoms with E-state index in [0.29, 0.717) is 5.56 Å². The number of amides is 2. The first-order chi connectivity index (χ1) is 14.7. The molecule has 0 bridgehead atoms. The smallest absolute Gasteiger partial charge is 0.287 e. The number of nitrogens with one attached hydrogen (secondary N) is 2. The molecule has 0 aliphatic rings. The Kier molecular flexibility index (Phi) is 7.46. The van der Waals surface area contributed by atoms with Crippen LogP contribution in [0.2, 0.25) is 0 Å². The Hall–Kier alpha value is -4.25. The molecule has 0 unspecified atom stereocenters. The molecular weight excluding hydrogens is 374 g/mol. The molecule has 0 atom stereocenters. The molecule has 5 heteroatoms. The van der Waals surface area contributed by atoms with Gasteiger partial charge in [-0.2, -0.15) is 5.10 Å². The Morgan fingerprint density at radius 3 is 1.93 bits per heavy atom. The second kappa shape index (κ2) is 10.9. The summed E-state index contributed by atoms with van der Waals surface area (Å²) in [5.41, 5.74) is 4.81. The van der Waals surface area contributed by atoms with Gasteiger partial charge >= 0.3 is 0 Å². The lowest BCUT2D eigenvalue weighted by molar-refractivity contribution is -0.117. The lowest BCUT2D eigenvalue weighted by atomic mass is 10.2. The summed E-state index contributed by atoms with van der Waals surface area (Å²) in [6.45, 7) is 0. The third-order valence-corrected chi connectivity index (χ3v) is 4.06. The number of nitrogens with zero attached hydrogens (tertiary/aromatic N) is 1. The highest BCUT2D eigenvalue weighted by molar-refractivity contribution is 6.03. The van der Waals surface area contributed by atoms with E-state index in [4.69, 9.17) is 0 Å². The fourth-order valence-corrected chi connectivity index (χ4v) is 2.54. The molecule has 5 nitrogen and oxygen atoms in total. The minimum absolute atomic E-state index is 0.0845. The van der Waals surface area contributed by atoms with Crippen molar-refractivity contribution in [1.82, 2.24) is 10.7 Å². The van der Waals surface area contributed by atoms with Gasteiger partial charge in [-0.25, -0.2) is 5.43 Å². The largest absolute Gasteiger partial charge is 0.317 e. The fourth-order valence-electron chi connectivity index (χ4n) is 2.54. The zero-order valence-electron chi connectivity index (χ0n) is 16.2. The zero-order valence-corrected chi connectivity index (χ0v) is 16.2. The summed E-state index contributed by atoms with van der Waals surface area (Å²) in [5.74, 6) is -0.902. The van der Waals surface area contributed by atoms with Crippen LogP contribution in [0.1, 0.15) is 21.5 Å². The summed E-state index contributed by atoms with van der Waals surface area (Å²) in [6.07, 6.45) is 6.63. The SMILES string of the molecule is O=C(NN=Cc1ccccc1)C(=CC=Cc1ccccc1)NC(=O)c1ccccc1. The Bertz CT molecular complexity index is 1060. The van der Waals surface area contributed by atoms with Crippen molar-refractivity contribution in [2.75, 3.05) is 0 Å². The molecule has 2 amide bonds. The van der Waals surface area contributed by atoms with Crippen LogP contribution in [0, 0.1) is 0 Å². The molecule has 3 rings (SSSR count). The highest BCUT2D eigenvalue weighted by atomic mass is 16.2. The molecule has 0 aliphatic heterocycles. The van der Waals surface area contributed by atoms with Crippen LogP contribution in [0.3, 0.4) is 0 Å². The Labute approximate surface area is 175 Å². The van der Waals surface area contributed by atoms with Crippen molar-refractivity contribution in [3.63, 3.8) is 0 Å². The first-order valence-corrected chi connectivity index (χ1v) is 9.40. The number of allylic oxidation sites excluding steroid dienone is 2. The van der Waals surface area contributed by atoms with Crippen molar-refractivity contribution in [2.24, 2.45) is 5.10 Å². The highest BCUT2D eigenvalue weighted by Crippen LogP contribution is 2.04. The average molecular weight is 395 g/mol. The minimum atomic E-state index is -0.524. The summed E-state index contributed by atoms with van der Waals surface area (Å²) in [4.78, 5) is 25.1. The van der Waals surface area contributed by atoms with Crippen LogP contribution in [-0.2, 0) is 4.79 Å². The summed E-state index contributed by atoms with van der Waals surface area (Å²) < 4.78 is 0. The molecule has 0 aromatic heterocycles. The molecule has 0 radical (unpaired) electrons. The first-order valence-electron chi connectivity index (χ1n) is 9.40. The topological polar surface area (TPSA) is 70.6 Å². The molecule has 0 fully saturated rings. The second-order valence-electron chi connectivity index (χ2n) is 6.28. The van der Waals surface area contributed by atoms with Crippen molar-refractivity contribution in [3.8, 4) is 0 Å². The highest BCUT2D eigenvalue weighted by Gasteiger charge is 2.13. The lowest BCUT2D eigenvalue weighted by Gasteiger charge is -2.08. The summed E-state index contributed by atoms with van der Waals surface area (Å²) in [6, 6.07) is 27.7. The number of hydrazone groups is 1. The predicted octanol–water partition coefficient (Wildman–Crippen LogP) is 4.16. The number of hydrogen-bond donors (Lipinski definition) is 2. The number of rotatable bonds is 7. The number of hydrogen-bond acceptors (Lipinski definition) is 3. The van der Waals surface area contributed by atoms with Crippen molar-refractivity contribution in [2.45, 2.75) is 0 Å².